The van der Waals surface area contributed by atoms with Gasteiger partial charge in [0, 0.05) is 16.0 Å². The predicted octanol–water partition coefficient (Wildman–Crippen LogP) is 2.01. The molecule has 0 spiro atoms. The molecule has 0 saturated heterocycles. The maximum absolute atomic E-state index is 9.22. The average molecular weight is 217 g/mol. The van der Waals surface area contributed by atoms with Crippen LogP contribution in [0, 0.1) is 5.92 Å². The molecule has 0 aromatic heterocycles. The standard InChI is InChI=1S/C11H23NOS/c1-8-4-5-9(12)10(6-8)14-11(2,3)7-13/h8-10,13H,4-7,12H2,1-3H3. The summed E-state index contributed by atoms with van der Waals surface area (Å²) >= 11 is 1.86. The summed E-state index contributed by atoms with van der Waals surface area (Å²) in [6, 6.07) is 0.321. The number of hydrogen-bond donors (Lipinski definition) is 2. The second-order valence-corrected chi connectivity index (χ2v) is 7.10. The molecule has 1 fully saturated rings. The van der Waals surface area contributed by atoms with Gasteiger partial charge < -0.3 is 10.8 Å². The van der Waals surface area contributed by atoms with Crippen molar-refractivity contribution >= 4 is 11.8 Å². The Morgan fingerprint density at radius 1 is 1.43 bits per heavy atom. The van der Waals surface area contributed by atoms with E-state index < -0.39 is 0 Å². The number of thioether (sulfide) groups is 1. The van der Waals surface area contributed by atoms with E-state index in [1.807, 2.05) is 11.8 Å². The summed E-state index contributed by atoms with van der Waals surface area (Å²) in [6.07, 6.45) is 3.60. The van der Waals surface area contributed by atoms with Crippen LogP contribution >= 0.6 is 11.8 Å². The van der Waals surface area contributed by atoms with Gasteiger partial charge in [0.15, 0.2) is 0 Å². The molecule has 3 atom stereocenters. The molecule has 0 aromatic carbocycles. The maximum atomic E-state index is 9.22. The largest absolute Gasteiger partial charge is 0.395 e. The first kappa shape index (κ1) is 12.3. The van der Waals surface area contributed by atoms with Gasteiger partial charge >= 0.3 is 0 Å². The van der Waals surface area contributed by atoms with Gasteiger partial charge in [0.05, 0.1) is 6.61 Å². The molecule has 1 rings (SSSR count). The van der Waals surface area contributed by atoms with E-state index >= 15 is 0 Å². The summed E-state index contributed by atoms with van der Waals surface area (Å²) in [5.41, 5.74) is 6.10. The molecule has 2 nitrogen and oxygen atoms in total. The van der Waals surface area contributed by atoms with E-state index in [-0.39, 0.29) is 11.4 Å². The molecule has 1 aliphatic carbocycles. The Hall–Kier alpha value is 0.270. The Bertz CT molecular complexity index is 184. The van der Waals surface area contributed by atoms with Gasteiger partial charge in [-0.25, -0.2) is 0 Å². The maximum Gasteiger partial charge on any atom is 0.0572 e. The average Bonchev–Trinajstić information content (AvgIpc) is 2.11. The Kier molecular flexibility index (Phi) is 4.29. The Balaban J connectivity index is 2.49. The third-order valence-corrected chi connectivity index (χ3v) is 4.57. The summed E-state index contributed by atoms with van der Waals surface area (Å²) in [5.74, 6) is 0.793. The van der Waals surface area contributed by atoms with Crippen molar-refractivity contribution in [2.75, 3.05) is 6.61 Å². The molecule has 0 aliphatic heterocycles. The lowest BCUT2D eigenvalue weighted by Gasteiger charge is -2.36. The number of rotatable bonds is 3. The second-order valence-electron chi connectivity index (χ2n) is 5.16. The lowest BCUT2D eigenvalue weighted by Crippen LogP contribution is -2.41. The van der Waals surface area contributed by atoms with Crippen molar-refractivity contribution < 1.29 is 5.11 Å². The van der Waals surface area contributed by atoms with Gasteiger partial charge in [0.2, 0.25) is 0 Å². The minimum Gasteiger partial charge on any atom is -0.395 e. The lowest BCUT2D eigenvalue weighted by molar-refractivity contribution is 0.263. The zero-order valence-corrected chi connectivity index (χ0v) is 10.3. The van der Waals surface area contributed by atoms with Crippen molar-refractivity contribution in [1.29, 1.82) is 0 Å². The third-order valence-electron chi connectivity index (χ3n) is 2.96. The molecule has 1 saturated carbocycles. The highest BCUT2D eigenvalue weighted by molar-refractivity contribution is 8.01. The van der Waals surface area contributed by atoms with Crippen molar-refractivity contribution in [3.05, 3.63) is 0 Å². The quantitative estimate of drug-likeness (QED) is 0.760. The van der Waals surface area contributed by atoms with Gasteiger partial charge in [0.1, 0.15) is 0 Å². The van der Waals surface area contributed by atoms with E-state index in [1.165, 1.54) is 12.8 Å². The van der Waals surface area contributed by atoms with Crippen molar-refractivity contribution in [1.82, 2.24) is 0 Å². The van der Waals surface area contributed by atoms with Gasteiger partial charge in [0.25, 0.3) is 0 Å². The van der Waals surface area contributed by atoms with Crippen LogP contribution in [0.5, 0.6) is 0 Å². The Morgan fingerprint density at radius 3 is 2.64 bits per heavy atom. The van der Waals surface area contributed by atoms with Crippen molar-refractivity contribution in [2.24, 2.45) is 11.7 Å². The van der Waals surface area contributed by atoms with Crippen molar-refractivity contribution in [3.63, 3.8) is 0 Å². The van der Waals surface area contributed by atoms with Crippen LogP contribution in [0.15, 0.2) is 0 Å². The van der Waals surface area contributed by atoms with E-state index in [0.29, 0.717) is 11.3 Å². The number of nitrogens with two attached hydrogens (primary N) is 1. The number of hydrogen-bond acceptors (Lipinski definition) is 3. The van der Waals surface area contributed by atoms with Gasteiger partial charge in [-0.05, 0) is 39.0 Å². The van der Waals surface area contributed by atoms with Gasteiger partial charge in [-0.1, -0.05) is 6.92 Å². The summed E-state index contributed by atoms with van der Waals surface area (Å²) < 4.78 is -0.0423. The monoisotopic (exact) mass is 217 g/mol. The molecular weight excluding hydrogens is 194 g/mol. The van der Waals surface area contributed by atoms with E-state index in [2.05, 4.69) is 20.8 Å². The smallest absolute Gasteiger partial charge is 0.0572 e. The van der Waals surface area contributed by atoms with Crippen LogP contribution in [0.4, 0.5) is 0 Å². The lowest BCUT2D eigenvalue weighted by atomic mass is 9.87. The SMILES string of the molecule is CC1CCC(N)C(SC(C)(C)CO)C1. The minimum absolute atomic E-state index is 0.0423. The molecule has 0 heterocycles. The second kappa shape index (κ2) is 4.86. The summed E-state index contributed by atoms with van der Waals surface area (Å²) in [7, 11) is 0. The zero-order chi connectivity index (χ0) is 10.8. The summed E-state index contributed by atoms with van der Waals surface area (Å²) in [6.45, 7) is 6.70. The molecule has 1 aliphatic rings. The van der Waals surface area contributed by atoms with Crippen molar-refractivity contribution in [2.45, 2.75) is 56.1 Å². The van der Waals surface area contributed by atoms with Crippen LogP contribution in [0.3, 0.4) is 0 Å². The molecule has 0 radical (unpaired) electrons. The molecule has 3 N–H and O–H groups in total. The summed E-state index contributed by atoms with van der Waals surface area (Å²) in [5, 5.41) is 9.74. The normalized spacial score (nSPS) is 34.5. The molecule has 3 heteroatoms. The Labute approximate surface area is 91.6 Å². The molecule has 0 amide bonds. The van der Waals surface area contributed by atoms with Crippen LogP contribution in [-0.2, 0) is 0 Å². The number of aliphatic hydroxyl groups is 1. The molecule has 14 heavy (non-hydrogen) atoms. The predicted molar refractivity (Wildman–Crippen MR) is 63.5 cm³/mol. The molecule has 84 valence electrons. The highest BCUT2D eigenvalue weighted by Gasteiger charge is 2.31. The zero-order valence-electron chi connectivity index (χ0n) is 9.49. The van der Waals surface area contributed by atoms with Gasteiger partial charge in [-0.2, -0.15) is 0 Å². The first-order chi connectivity index (χ1) is 6.44. The van der Waals surface area contributed by atoms with Crippen LogP contribution in [-0.4, -0.2) is 27.8 Å². The van der Waals surface area contributed by atoms with Crippen LogP contribution < -0.4 is 5.73 Å². The molecular formula is C11H23NOS. The van der Waals surface area contributed by atoms with Crippen LogP contribution in [0.2, 0.25) is 0 Å². The fraction of sp³-hybridized carbons (Fsp3) is 1.00. The first-order valence-corrected chi connectivity index (χ1v) is 6.37. The molecule has 0 aromatic rings. The number of aliphatic hydroxyl groups excluding tert-OH is 1. The van der Waals surface area contributed by atoms with Gasteiger partial charge in [-0.3, -0.25) is 0 Å². The Morgan fingerprint density at radius 2 is 2.07 bits per heavy atom. The van der Waals surface area contributed by atoms with Crippen molar-refractivity contribution in [3.8, 4) is 0 Å². The summed E-state index contributed by atoms with van der Waals surface area (Å²) in [4.78, 5) is 0. The van der Waals surface area contributed by atoms with Crippen LogP contribution in [0.1, 0.15) is 40.0 Å². The fourth-order valence-electron chi connectivity index (χ4n) is 1.93. The van der Waals surface area contributed by atoms with E-state index in [0.717, 1.165) is 12.3 Å². The van der Waals surface area contributed by atoms with E-state index in [9.17, 15) is 5.11 Å². The van der Waals surface area contributed by atoms with E-state index in [1.54, 1.807) is 0 Å². The van der Waals surface area contributed by atoms with E-state index in [4.69, 9.17) is 5.73 Å². The highest BCUT2D eigenvalue weighted by Crippen LogP contribution is 2.37. The molecule has 3 unspecified atom stereocenters. The third kappa shape index (κ3) is 3.44. The minimum atomic E-state index is -0.0423. The first-order valence-electron chi connectivity index (χ1n) is 5.49. The fourth-order valence-corrected chi connectivity index (χ4v) is 3.56. The molecule has 0 bridgehead atoms. The van der Waals surface area contributed by atoms with Crippen LogP contribution in [0.25, 0.3) is 0 Å². The van der Waals surface area contributed by atoms with Gasteiger partial charge in [-0.15, -0.1) is 11.8 Å². The topological polar surface area (TPSA) is 46.2 Å². The highest BCUT2D eigenvalue weighted by atomic mass is 32.2.